The molecule has 0 saturated heterocycles. The van der Waals surface area contributed by atoms with Crippen molar-refractivity contribution in [3.05, 3.63) is 47.7 Å². The van der Waals surface area contributed by atoms with Crippen molar-refractivity contribution >= 4 is 11.8 Å². The molecule has 2 N–H and O–H groups in total. The number of carbonyl (C=O) groups excluding carboxylic acids is 1. The number of benzene rings is 1. The van der Waals surface area contributed by atoms with Gasteiger partial charge in [-0.1, -0.05) is 35.0 Å². The predicted octanol–water partition coefficient (Wildman–Crippen LogP) is 2.30. The molecule has 0 unspecified atom stereocenters. The number of hydrogen-bond acceptors (Lipinski definition) is 3. The van der Waals surface area contributed by atoms with E-state index >= 15 is 0 Å². The van der Waals surface area contributed by atoms with Crippen molar-refractivity contribution in [2.75, 3.05) is 5.32 Å². The van der Waals surface area contributed by atoms with Gasteiger partial charge in [0, 0.05) is 12.6 Å². The molecule has 5 heteroatoms. The van der Waals surface area contributed by atoms with Gasteiger partial charge in [-0.15, -0.1) is 0 Å². The number of anilines is 1. The minimum atomic E-state index is -0.306. The molecule has 1 aromatic heterocycles. The number of carbonyl (C=O) groups is 1. The van der Waals surface area contributed by atoms with Crippen LogP contribution in [0.2, 0.25) is 0 Å². The lowest BCUT2D eigenvalue weighted by atomic mass is 10.1. The van der Waals surface area contributed by atoms with Crippen LogP contribution in [0.1, 0.15) is 11.1 Å². The van der Waals surface area contributed by atoms with E-state index in [2.05, 4.69) is 20.3 Å². The average molecular weight is 231 g/mol. The van der Waals surface area contributed by atoms with Crippen LogP contribution in [0.4, 0.5) is 10.6 Å². The van der Waals surface area contributed by atoms with Crippen LogP contribution in [0.25, 0.3) is 0 Å². The van der Waals surface area contributed by atoms with E-state index in [9.17, 15) is 4.79 Å². The van der Waals surface area contributed by atoms with E-state index in [1.54, 1.807) is 6.07 Å². The second kappa shape index (κ2) is 5.16. The predicted molar refractivity (Wildman–Crippen MR) is 63.5 cm³/mol. The summed E-state index contributed by atoms with van der Waals surface area (Å²) in [5.74, 6) is 0.395. The first-order valence-corrected chi connectivity index (χ1v) is 5.25. The van der Waals surface area contributed by atoms with E-state index in [-0.39, 0.29) is 6.03 Å². The molecule has 2 aromatic rings. The fourth-order valence-corrected chi connectivity index (χ4v) is 1.33. The van der Waals surface area contributed by atoms with Crippen LogP contribution in [0, 0.1) is 6.92 Å². The number of urea groups is 1. The Kier molecular flexibility index (Phi) is 3.40. The van der Waals surface area contributed by atoms with Crippen LogP contribution in [0.3, 0.4) is 0 Å². The molecule has 0 saturated carbocycles. The van der Waals surface area contributed by atoms with Gasteiger partial charge in [0.15, 0.2) is 5.82 Å². The van der Waals surface area contributed by atoms with E-state index in [0.717, 1.165) is 5.56 Å². The van der Waals surface area contributed by atoms with E-state index < -0.39 is 0 Å². The van der Waals surface area contributed by atoms with Crippen molar-refractivity contribution in [2.24, 2.45) is 0 Å². The molecular formula is C12H13N3O2. The van der Waals surface area contributed by atoms with Crippen molar-refractivity contribution in [1.82, 2.24) is 10.5 Å². The Balaban J connectivity index is 1.82. The summed E-state index contributed by atoms with van der Waals surface area (Å²) in [6.45, 7) is 2.50. The second-order valence-electron chi connectivity index (χ2n) is 3.68. The van der Waals surface area contributed by atoms with Crippen molar-refractivity contribution in [3.8, 4) is 0 Å². The molecule has 0 atom stereocenters. The highest BCUT2D eigenvalue weighted by Gasteiger charge is 2.03. The van der Waals surface area contributed by atoms with Gasteiger partial charge in [0.2, 0.25) is 0 Å². The molecule has 1 heterocycles. The third-order valence-corrected chi connectivity index (χ3v) is 2.25. The Labute approximate surface area is 98.8 Å². The number of amides is 2. The van der Waals surface area contributed by atoms with Gasteiger partial charge in [0.1, 0.15) is 6.26 Å². The Morgan fingerprint density at radius 3 is 2.71 bits per heavy atom. The SMILES string of the molecule is Cc1ccc(CNC(=O)Nc2ccon2)cc1. The van der Waals surface area contributed by atoms with Crippen LogP contribution in [0.5, 0.6) is 0 Å². The molecule has 0 fully saturated rings. The van der Waals surface area contributed by atoms with Crippen LogP contribution in [-0.2, 0) is 6.54 Å². The highest BCUT2D eigenvalue weighted by molar-refractivity contribution is 5.87. The Hall–Kier alpha value is -2.30. The Morgan fingerprint density at radius 2 is 2.06 bits per heavy atom. The summed E-state index contributed by atoms with van der Waals surface area (Å²) in [5, 5.41) is 8.85. The molecule has 0 aliphatic carbocycles. The molecule has 0 radical (unpaired) electrons. The molecule has 17 heavy (non-hydrogen) atoms. The fourth-order valence-electron chi connectivity index (χ4n) is 1.33. The van der Waals surface area contributed by atoms with Gasteiger partial charge in [-0.05, 0) is 12.5 Å². The van der Waals surface area contributed by atoms with Gasteiger partial charge < -0.3 is 9.84 Å². The zero-order valence-electron chi connectivity index (χ0n) is 9.43. The monoisotopic (exact) mass is 231 g/mol. The third-order valence-electron chi connectivity index (χ3n) is 2.25. The first-order chi connectivity index (χ1) is 8.24. The Morgan fingerprint density at radius 1 is 1.29 bits per heavy atom. The van der Waals surface area contributed by atoms with Crippen molar-refractivity contribution in [2.45, 2.75) is 13.5 Å². The lowest BCUT2D eigenvalue weighted by molar-refractivity contribution is 0.251. The number of rotatable bonds is 3. The Bertz CT molecular complexity index is 477. The highest BCUT2D eigenvalue weighted by Crippen LogP contribution is 2.03. The maximum atomic E-state index is 11.4. The van der Waals surface area contributed by atoms with E-state index in [4.69, 9.17) is 0 Å². The third kappa shape index (κ3) is 3.34. The molecule has 0 bridgehead atoms. The summed E-state index contributed by atoms with van der Waals surface area (Å²) in [5.41, 5.74) is 2.24. The minimum absolute atomic E-state index is 0.306. The molecule has 0 spiro atoms. The lowest BCUT2D eigenvalue weighted by Crippen LogP contribution is -2.28. The molecular weight excluding hydrogens is 218 g/mol. The first-order valence-electron chi connectivity index (χ1n) is 5.25. The van der Waals surface area contributed by atoms with Crippen LogP contribution in [-0.4, -0.2) is 11.2 Å². The van der Waals surface area contributed by atoms with Gasteiger partial charge in [0.25, 0.3) is 0 Å². The maximum absolute atomic E-state index is 11.4. The second-order valence-corrected chi connectivity index (χ2v) is 3.68. The number of nitrogens with zero attached hydrogens (tertiary/aromatic N) is 1. The molecule has 2 rings (SSSR count). The molecule has 5 nitrogen and oxygen atoms in total. The zero-order valence-corrected chi connectivity index (χ0v) is 9.43. The van der Waals surface area contributed by atoms with Gasteiger partial charge in [-0.25, -0.2) is 4.79 Å². The van der Waals surface area contributed by atoms with Gasteiger partial charge >= 0.3 is 6.03 Å². The summed E-state index contributed by atoms with van der Waals surface area (Å²) in [7, 11) is 0. The average Bonchev–Trinajstić information content (AvgIpc) is 2.81. The van der Waals surface area contributed by atoms with Crippen LogP contribution >= 0.6 is 0 Å². The van der Waals surface area contributed by atoms with E-state index in [1.165, 1.54) is 11.8 Å². The number of nitrogens with one attached hydrogen (secondary N) is 2. The molecule has 88 valence electrons. The molecule has 0 aliphatic rings. The first kappa shape index (κ1) is 11.2. The lowest BCUT2D eigenvalue weighted by Gasteiger charge is -2.05. The van der Waals surface area contributed by atoms with Crippen molar-refractivity contribution in [3.63, 3.8) is 0 Å². The largest absolute Gasteiger partial charge is 0.363 e. The molecule has 2 amide bonds. The van der Waals surface area contributed by atoms with E-state index in [1.807, 2.05) is 31.2 Å². The van der Waals surface area contributed by atoms with Crippen LogP contribution in [0.15, 0.2) is 41.1 Å². The zero-order chi connectivity index (χ0) is 12.1. The molecule has 1 aromatic carbocycles. The van der Waals surface area contributed by atoms with Crippen molar-refractivity contribution in [1.29, 1.82) is 0 Å². The minimum Gasteiger partial charge on any atom is -0.363 e. The van der Waals surface area contributed by atoms with Gasteiger partial charge in [0.05, 0.1) is 0 Å². The van der Waals surface area contributed by atoms with Crippen LogP contribution < -0.4 is 10.6 Å². The summed E-state index contributed by atoms with van der Waals surface area (Å²) < 4.78 is 4.60. The topological polar surface area (TPSA) is 67.2 Å². The van der Waals surface area contributed by atoms with E-state index in [0.29, 0.717) is 12.4 Å². The standard InChI is InChI=1S/C12H13N3O2/c1-9-2-4-10(5-3-9)8-13-12(16)14-11-6-7-17-15-11/h2-7H,8H2,1H3,(H2,13,14,15,16). The smallest absolute Gasteiger partial charge is 0.320 e. The van der Waals surface area contributed by atoms with Gasteiger partial charge in [-0.2, -0.15) is 0 Å². The highest BCUT2D eigenvalue weighted by atomic mass is 16.5. The quantitative estimate of drug-likeness (QED) is 0.851. The summed E-state index contributed by atoms with van der Waals surface area (Å²) in [4.78, 5) is 11.4. The summed E-state index contributed by atoms with van der Waals surface area (Å²) >= 11 is 0. The number of hydrogen-bond donors (Lipinski definition) is 2. The maximum Gasteiger partial charge on any atom is 0.320 e. The summed E-state index contributed by atoms with van der Waals surface area (Å²) in [6.07, 6.45) is 1.40. The number of aromatic nitrogens is 1. The summed E-state index contributed by atoms with van der Waals surface area (Å²) in [6, 6.07) is 9.24. The normalized spacial score (nSPS) is 9.94. The number of aryl methyl sites for hydroxylation is 1. The molecule has 0 aliphatic heterocycles. The fraction of sp³-hybridized carbons (Fsp3) is 0.167. The van der Waals surface area contributed by atoms with Crippen molar-refractivity contribution < 1.29 is 9.32 Å². The van der Waals surface area contributed by atoms with Gasteiger partial charge in [-0.3, -0.25) is 5.32 Å².